The zero-order valence-electron chi connectivity index (χ0n) is 19.5. The highest BCUT2D eigenvalue weighted by atomic mass is 32.2. The van der Waals surface area contributed by atoms with Crippen molar-refractivity contribution in [3.8, 4) is 0 Å². The Morgan fingerprint density at radius 3 is 2.15 bits per heavy atom. The molecule has 1 aliphatic heterocycles. The summed E-state index contributed by atoms with van der Waals surface area (Å²) in [6, 6.07) is 9.76. The Labute approximate surface area is 195 Å². The summed E-state index contributed by atoms with van der Waals surface area (Å²) in [5.74, 6) is -1.08. The number of nitrogens with one attached hydrogen (secondary N) is 1. The molecule has 2 amide bonds. The Balaban J connectivity index is 2.04. The second kappa shape index (κ2) is 8.83. The third-order valence-corrected chi connectivity index (χ3v) is 6.86. The third-order valence-electron chi connectivity index (χ3n) is 5.48. The average Bonchev–Trinajstić information content (AvgIpc) is 3.02. The molecule has 0 aliphatic carbocycles. The van der Waals surface area contributed by atoms with Crippen molar-refractivity contribution >= 4 is 27.5 Å². The number of aryl methyl sites for hydroxylation is 1. The van der Waals surface area contributed by atoms with Crippen molar-refractivity contribution in [2.24, 2.45) is 0 Å². The number of anilines is 1. The molecule has 1 aliphatic rings. The van der Waals surface area contributed by atoms with Gasteiger partial charge in [0.05, 0.1) is 21.7 Å². The molecule has 0 aromatic heterocycles. The summed E-state index contributed by atoms with van der Waals surface area (Å²) in [6.45, 7) is 13.2. The molecule has 0 spiro atoms. The summed E-state index contributed by atoms with van der Waals surface area (Å²) >= 11 is 0. The Bertz CT molecular complexity index is 1300. The Morgan fingerprint density at radius 2 is 1.61 bits per heavy atom. The van der Waals surface area contributed by atoms with Gasteiger partial charge in [0.2, 0.25) is 0 Å². The molecule has 0 unspecified atom stereocenters. The lowest BCUT2D eigenvalue weighted by atomic mass is 9.87. The highest BCUT2D eigenvalue weighted by Gasteiger charge is 2.40. The highest BCUT2D eigenvalue weighted by Crippen LogP contribution is 2.35. The number of carbonyl (C=O) groups excluding carboxylic acids is 2. The van der Waals surface area contributed by atoms with Gasteiger partial charge < -0.3 is 0 Å². The maximum absolute atomic E-state index is 13.3. The SMILES string of the molecule is C=C/C=C\C(=C/C)N1C(=O)c2c(C)ccc(NS(=O)(=O)c3ccc(C(C)(C)C)cc3)c2C1=O. The minimum atomic E-state index is -3.98. The Hall–Kier alpha value is -3.45. The van der Waals surface area contributed by atoms with Gasteiger partial charge in [0.15, 0.2) is 0 Å². The van der Waals surface area contributed by atoms with Gasteiger partial charge in [-0.05, 0) is 54.7 Å². The number of amides is 2. The van der Waals surface area contributed by atoms with E-state index in [0.29, 0.717) is 11.3 Å². The van der Waals surface area contributed by atoms with Crippen molar-refractivity contribution in [2.75, 3.05) is 4.72 Å². The number of benzene rings is 2. The normalized spacial score (nSPS) is 14.7. The van der Waals surface area contributed by atoms with Crippen LogP contribution in [0.1, 0.15) is 59.5 Å². The molecule has 0 saturated carbocycles. The van der Waals surface area contributed by atoms with Gasteiger partial charge in [-0.2, -0.15) is 0 Å². The summed E-state index contributed by atoms with van der Waals surface area (Å²) in [6.07, 6.45) is 6.40. The monoisotopic (exact) mass is 464 g/mol. The largest absolute Gasteiger partial charge is 0.279 e. The van der Waals surface area contributed by atoms with Crippen LogP contribution in [0.15, 0.2) is 77.9 Å². The van der Waals surface area contributed by atoms with Gasteiger partial charge in [-0.3, -0.25) is 14.3 Å². The van der Waals surface area contributed by atoms with E-state index in [-0.39, 0.29) is 27.1 Å². The van der Waals surface area contributed by atoms with Crippen molar-refractivity contribution in [3.63, 3.8) is 0 Å². The Kier molecular flexibility index (Phi) is 6.47. The summed E-state index contributed by atoms with van der Waals surface area (Å²) in [5, 5.41) is 0. The first-order valence-electron chi connectivity index (χ1n) is 10.5. The number of imide groups is 1. The summed E-state index contributed by atoms with van der Waals surface area (Å²) in [5.41, 5.74) is 2.16. The molecular formula is C26H28N2O4S. The molecule has 172 valence electrons. The molecule has 1 heterocycles. The number of nitrogens with zero attached hydrogens (tertiary/aromatic N) is 1. The fourth-order valence-electron chi connectivity index (χ4n) is 3.64. The molecule has 2 aromatic rings. The van der Waals surface area contributed by atoms with Crippen molar-refractivity contribution in [2.45, 2.75) is 44.9 Å². The van der Waals surface area contributed by atoms with Crippen LogP contribution in [-0.2, 0) is 15.4 Å². The van der Waals surface area contributed by atoms with Crippen LogP contribution in [0.5, 0.6) is 0 Å². The molecule has 2 aromatic carbocycles. The van der Waals surface area contributed by atoms with E-state index in [1.54, 1.807) is 50.3 Å². The van der Waals surface area contributed by atoms with E-state index < -0.39 is 21.8 Å². The number of rotatable bonds is 6. The first kappa shape index (κ1) is 24.2. The van der Waals surface area contributed by atoms with Crippen LogP contribution in [0, 0.1) is 6.92 Å². The average molecular weight is 465 g/mol. The van der Waals surface area contributed by atoms with Gasteiger partial charge in [-0.15, -0.1) is 0 Å². The number of fused-ring (bicyclic) bond motifs is 1. The first-order chi connectivity index (χ1) is 15.4. The van der Waals surface area contributed by atoms with Gasteiger partial charge in [-0.25, -0.2) is 13.3 Å². The van der Waals surface area contributed by atoms with Crippen molar-refractivity contribution in [1.29, 1.82) is 0 Å². The zero-order valence-corrected chi connectivity index (χ0v) is 20.3. The second-order valence-corrected chi connectivity index (χ2v) is 10.5. The predicted molar refractivity (Wildman–Crippen MR) is 131 cm³/mol. The van der Waals surface area contributed by atoms with Gasteiger partial charge in [-0.1, -0.05) is 63.8 Å². The number of hydrogen-bond acceptors (Lipinski definition) is 4. The fourth-order valence-corrected chi connectivity index (χ4v) is 4.72. The lowest BCUT2D eigenvalue weighted by Gasteiger charge is -2.19. The van der Waals surface area contributed by atoms with Crippen LogP contribution >= 0.6 is 0 Å². The molecule has 7 heteroatoms. The minimum absolute atomic E-state index is 0.0428. The van der Waals surface area contributed by atoms with E-state index >= 15 is 0 Å². The fraction of sp³-hybridized carbons (Fsp3) is 0.231. The number of hydrogen-bond donors (Lipinski definition) is 1. The molecule has 3 rings (SSSR count). The molecular weight excluding hydrogens is 436 g/mol. The predicted octanol–water partition coefficient (Wildman–Crippen LogP) is 5.34. The molecule has 0 atom stereocenters. The summed E-state index contributed by atoms with van der Waals surface area (Å²) < 4.78 is 28.7. The molecule has 33 heavy (non-hydrogen) atoms. The van der Waals surface area contributed by atoms with Crippen LogP contribution in [0.2, 0.25) is 0 Å². The van der Waals surface area contributed by atoms with Crippen LogP contribution < -0.4 is 4.72 Å². The standard InChI is InChI=1S/C26H28N2O4S/c1-7-9-10-19(8-2)28-24(29)22-17(3)11-16-21(23(22)25(28)30)27-33(31,32)20-14-12-18(13-15-20)26(4,5)6/h7-16,27H,1H2,2-6H3/b10-9-,19-8+. The van der Waals surface area contributed by atoms with Crippen molar-refractivity contribution < 1.29 is 18.0 Å². The minimum Gasteiger partial charge on any atom is -0.279 e. The van der Waals surface area contributed by atoms with Crippen LogP contribution in [0.4, 0.5) is 5.69 Å². The summed E-state index contributed by atoms with van der Waals surface area (Å²) in [4.78, 5) is 27.5. The zero-order chi connectivity index (χ0) is 24.6. The van der Waals surface area contributed by atoms with Crippen LogP contribution in [0.3, 0.4) is 0 Å². The summed E-state index contributed by atoms with van der Waals surface area (Å²) in [7, 11) is -3.98. The van der Waals surface area contributed by atoms with Gasteiger partial charge in [0.1, 0.15) is 0 Å². The van der Waals surface area contributed by atoms with Crippen molar-refractivity contribution in [3.05, 3.63) is 95.2 Å². The molecule has 1 N–H and O–H groups in total. The topological polar surface area (TPSA) is 83.6 Å². The van der Waals surface area contributed by atoms with E-state index in [9.17, 15) is 18.0 Å². The van der Waals surface area contributed by atoms with Crippen LogP contribution in [0.25, 0.3) is 0 Å². The quantitative estimate of drug-likeness (QED) is 0.462. The van der Waals surface area contributed by atoms with Crippen molar-refractivity contribution in [1.82, 2.24) is 4.90 Å². The van der Waals surface area contributed by atoms with E-state index in [4.69, 9.17) is 0 Å². The van der Waals surface area contributed by atoms with Gasteiger partial charge in [0, 0.05) is 5.70 Å². The van der Waals surface area contributed by atoms with E-state index in [2.05, 4.69) is 11.3 Å². The molecule has 0 fully saturated rings. The maximum atomic E-state index is 13.3. The maximum Gasteiger partial charge on any atom is 0.268 e. The molecule has 6 nitrogen and oxygen atoms in total. The lowest BCUT2D eigenvalue weighted by Crippen LogP contribution is -2.28. The number of allylic oxidation sites excluding steroid dienone is 4. The Morgan fingerprint density at radius 1 is 1.00 bits per heavy atom. The number of carbonyl (C=O) groups is 2. The van der Waals surface area contributed by atoms with Crippen LogP contribution in [-0.4, -0.2) is 25.1 Å². The van der Waals surface area contributed by atoms with E-state index in [1.807, 2.05) is 20.8 Å². The molecule has 0 radical (unpaired) electrons. The van der Waals surface area contributed by atoms with E-state index in [0.717, 1.165) is 10.5 Å². The molecule has 0 saturated heterocycles. The smallest absolute Gasteiger partial charge is 0.268 e. The molecule has 0 bridgehead atoms. The third kappa shape index (κ3) is 4.54. The van der Waals surface area contributed by atoms with E-state index in [1.165, 1.54) is 24.3 Å². The first-order valence-corrected chi connectivity index (χ1v) is 12.0. The van der Waals surface area contributed by atoms with Gasteiger partial charge in [0.25, 0.3) is 21.8 Å². The highest BCUT2D eigenvalue weighted by molar-refractivity contribution is 7.92. The second-order valence-electron chi connectivity index (χ2n) is 8.81. The lowest BCUT2D eigenvalue weighted by molar-refractivity contribution is 0.0709. The van der Waals surface area contributed by atoms with Gasteiger partial charge >= 0.3 is 0 Å². The number of sulfonamides is 1.